The number of benzene rings is 2. The summed E-state index contributed by atoms with van der Waals surface area (Å²) in [4.78, 5) is 11.7. The lowest BCUT2D eigenvalue weighted by Crippen LogP contribution is -2.24. The molecule has 2 N–H and O–H groups in total. The van der Waals surface area contributed by atoms with Gasteiger partial charge >= 0.3 is 0 Å². The van der Waals surface area contributed by atoms with E-state index in [1.54, 1.807) is 43.5 Å². The number of nitrogens with zero attached hydrogens (tertiary/aromatic N) is 1. The molecule has 0 spiro atoms. The van der Waals surface area contributed by atoms with Crippen LogP contribution in [-0.4, -0.2) is 30.9 Å². The Labute approximate surface area is 161 Å². The van der Waals surface area contributed by atoms with Crippen LogP contribution in [0, 0.1) is 3.57 Å². The van der Waals surface area contributed by atoms with Crippen LogP contribution in [-0.2, 0) is 4.79 Å². The summed E-state index contributed by atoms with van der Waals surface area (Å²) in [6.07, 6.45) is 1.37. The van der Waals surface area contributed by atoms with E-state index in [1.807, 2.05) is 22.6 Å². The van der Waals surface area contributed by atoms with Crippen LogP contribution in [0.25, 0.3) is 0 Å². The topological polar surface area (TPSA) is 80.2 Å². The average molecular weight is 505 g/mol. The summed E-state index contributed by atoms with van der Waals surface area (Å²) >= 11 is 5.34. The van der Waals surface area contributed by atoms with Gasteiger partial charge in [0.25, 0.3) is 5.91 Å². The molecule has 6 nitrogen and oxygen atoms in total. The van der Waals surface area contributed by atoms with Gasteiger partial charge in [0.15, 0.2) is 6.61 Å². The molecule has 24 heavy (non-hydrogen) atoms. The Kier molecular flexibility index (Phi) is 6.85. The predicted molar refractivity (Wildman–Crippen MR) is 103 cm³/mol. The number of hydrazone groups is 1. The van der Waals surface area contributed by atoms with Gasteiger partial charge in [-0.3, -0.25) is 4.79 Å². The minimum Gasteiger partial charge on any atom is -0.506 e. The monoisotopic (exact) mass is 504 g/mol. The van der Waals surface area contributed by atoms with Crippen molar-refractivity contribution >= 4 is 50.6 Å². The number of rotatable bonds is 6. The molecule has 0 heterocycles. The Morgan fingerprint density at radius 3 is 2.67 bits per heavy atom. The Morgan fingerprint density at radius 1 is 1.33 bits per heavy atom. The number of carbonyl (C=O) groups is 1. The Bertz CT molecular complexity index is 750. The average Bonchev–Trinajstić information content (AvgIpc) is 2.57. The fourth-order valence-electron chi connectivity index (χ4n) is 1.71. The fourth-order valence-corrected chi connectivity index (χ4v) is 3.26. The third-order valence-corrected chi connectivity index (χ3v) is 4.16. The molecule has 0 aliphatic heterocycles. The van der Waals surface area contributed by atoms with Crippen molar-refractivity contribution in [3.8, 4) is 17.2 Å². The number of hydrogen-bond acceptors (Lipinski definition) is 5. The van der Waals surface area contributed by atoms with E-state index >= 15 is 0 Å². The van der Waals surface area contributed by atoms with Crippen molar-refractivity contribution in [2.45, 2.75) is 0 Å². The van der Waals surface area contributed by atoms with Crippen molar-refractivity contribution in [1.29, 1.82) is 0 Å². The van der Waals surface area contributed by atoms with Gasteiger partial charge in [-0.25, -0.2) is 5.43 Å². The molecular weight excluding hydrogens is 491 g/mol. The second-order valence-corrected chi connectivity index (χ2v) is 6.66. The van der Waals surface area contributed by atoms with Crippen molar-refractivity contribution in [2.75, 3.05) is 13.7 Å². The molecular formula is C16H14BrIN2O4. The molecule has 0 atom stereocenters. The zero-order valence-electron chi connectivity index (χ0n) is 12.6. The number of methoxy groups -OCH3 is 1. The second-order valence-electron chi connectivity index (χ2n) is 4.58. The quantitative estimate of drug-likeness (QED) is 0.359. The molecule has 0 saturated carbocycles. The van der Waals surface area contributed by atoms with Gasteiger partial charge in [-0.15, -0.1) is 0 Å². The van der Waals surface area contributed by atoms with E-state index in [1.165, 1.54) is 6.21 Å². The minimum absolute atomic E-state index is 0.103. The molecule has 0 bridgehead atoms. The molecule has 0 radical (unpaired) electrons. The van der Waals surface area contributed by atoms with Crippen LogP contribution in [0.15, 0.2) is 46.0 Å². The standard InChI is InChI=1S/C16H14BrIN2O4/c1-23-12-2-4-13(5-3-12)24-9-15(21)20-19-8-10-6-11(17)7-14(18)16(10)22/h2-8,22H,9H2,1H3,(H,20,21)/b19-8+. The van der Waals surface area contributed by atoms with E-state index in [0.717, 1.165) is 4.47 Å². The summed E-state index contributed by atoms with van der Waals surface area (Å²) in [6.45, 7) is -0.175. The number of ether oxygens (including phenoxy) is 2. The molecule has 8 heteroatoms. The van der Waals surface area contributed by atoms with Gasteiger partial charge in [0.2, 0.25) is 0 Å². The third-order valence-electron chi connectivity index (χ3n) is 2.88. The fraction of sp³-hybridized carbons (Fsp3) is 0.125. The highest BCUT2D eigenvalue weighted by Gasteiger charge is 2.06. The predicted octanol–water partition coefficient (Wildman–Crippen LogP) is 3.30. The summed E-state index contributed by atoms with van der Waals surface area (Å²) in [5.41, 5.74) is 2.83. The molecule has 0 unspecified atom stereocenters. The maximum absolute atomic E-state index is 11.7. The van der Waals surface area contributed by atoms with Crippen molar-refractivity contribution < 1.29 is 19.4 Å². The van der Waals surface area contributed by atoms with Gasteiger partial charge in [0.1, 0.15) is 17.2 Å². The number of amides is 1. The highest BCUT2D eigenvalue weighted by atomic mass is 127. The first-order valence-electron chi connectivity index (χ1n) is 6.76. The Hall–Kier alpha value is -1.81. The summed E-state index contributed by atoms with van der Waals surface area (Å²) in [6, 6.07) is 10.4. The molecule has 0 aliphatic carbocycles. The number of nitrogens with one attached hydrogen (secondary N) is 1. The molecule has 2 aromatic carbocycles. The summed E-state index contributed by atoms with van der Waals surface area (Å²) in [5.74, 6) is 0.950. The molecule has 1 amide bonds. The first-order valence-corrected chi connectivity index (χ1v) is 8.63. The van der Waals surface area contributed by atoms with Crippen molar-refractivity contribution in [3.05, 3.63) is 50.0 Å². The summed E-state index contributed by atoms with van der Waals surface area (Å²) < 4.78 is 11.9. The molecule has 0 saturated heterocycles. The maximum Gasteiger partial charge on any atom is 0.277 e. The first-order chi connectivity index (χ1) is 11.5. The number of hydrogen-bond donors (Lipinski definition) is 2. The number of carbonyl (C=O) groups excluding carboxylic acids is 1. The van der Waals surface area contributed by atoms with E-state index in [9.17, 15) is 9.90 Å². The number of halogens is 2. The first kappa shape index (κ1) is 18.5. The zero-order valence-corrected chi connectivity index (χ0v) is 16.4. The van der Waals surface area contributed by atoms with Gasteiger partial charge in [-0.05, 0) is 59.0 Å². The van der Waals surface area contributed by atoms with Crippen molar-refractivity contribution in [2.24, 2.45) is 5.10 Å². The highest BCUT2D eigenvalue weighted by Crippen LogP contribution is 2.27. The van der Waals surface area contributed by atoms with Gasteiger partial charge in [0, 0.05) is 10.0 Å². The number of phenolic OH excluding ortho intramolecular Hbond substituents is 1. The number of aromatic hydroxyl groups is 1. The Morgan fingerprint density at radius 2 is 2.00 bits per heavy atom. The van der Waals surface area contributed by atoms with Gasteiger partial charge in [-0.2, -0.15) is 5.10 Å². The second kappa shape index (κ2) is 8.88. The summed E-state index contributed by atoms with van der Waals surface area (Å²) in [5, 5.41) is 13.7. The van der Waals surface area contributed by atoms with Crippen LogP contribution in [0.5, 0.6) is 17.2 Å². The van der Waals surface area contributed by atoms with Crippen LogP contribution < -0.4 is 14.9 Å². The maximum atomic E-state index is 11.7. The minimum atomic E-state index is -0.411. The van der Waals surface area contributed by atoms with Crippen LogP contribution in [0.3, 0.4) is 0 Å². The smallest absolute Gasteiger partial charge is 0.277 e. The zero-order chi connectivity index (χ0) is 17.5. The van der Waals surface area contributed by atoms with Crippen LogP contribution in [0.4, 0.5) is 0 Å². The third kappa shape index (κ3) is 5.38. The largest absolute Gasteiger partial charge is 0.506 e. The Balaban J connectivity index is 1.86. The lowest BCUT2D eigenvalue weighted by atomic mass is 10.2. The van der Waals surface area contributed by atoms with Crippen LogP contribution in [0.1, 0.15) is 5.56 Å². The summed E-state index contributed by atoms with van der Waals surface area (Å²) in [7, 11) is 1.57. The van der Waals surface area contributed by atoms with Gasteiger partial charge < -0.3 is 14.6 Å². The normalized spacial score (nSPS) is 10.6. The van der Waals surface area contributed by atoms with E-state index in [2.05, 4.69) is 26.5 Å². The highest BCUT2D eigenvalue weighted by molar-refractivity contribution is 14.1. The van der Waals surface area contributed by atoms with Crippen molar-refractivity contribution in [1.82, 2.24) is 5.43 Å². The van der Waals surface area contributed by atoms with E-state index < -0.39 is 5.91 Å². The van der Waals surface area contributed by atoms with E-state index in [-0.39, 0.29) is 12.4 Å². The van der Waals surface area contributed by atoms with Crippen molar-refractivity contribution in [3.63, 3.8) is 0 Å². The lowest BCUT2D eigenvalue weighted by molar-refractivity contribution is -0.123. The van der Waals surface area contributed by atoms with E-state index in [4.69, 9.17) is 9.47 Å². The van der Waals surface area contributed by atoms with Gasteiger partial charge in [0.05, 0.1) is 16.9 Å². The number of phenols is 1. The molecule has 0 fully saturated rings. The van der Waals surface area contributed by atoms with Crippen LogP contribution in [0.2, 0.25) is 0 Å². The molecule has 0 aliphatic rings. The van der Waals surface area contributed by atoms with Gasteiger partial charge in [-0.1, -0.05) is 15.9 Å². The SMILES string of the molecule is COc1ccc(OCC(=O)N/N=C/c2cc(Br)cc(I)c2O)cc1. The molecule has 2 rings (SSSR count). The molecule has 126 valence electrons. The molecule has 2 aromatic rings. The van der Waals surface area contributed by atoms with E-state index in [0.29, 0.717) is 20.6 Å². The molecule has 0 aromatic heterocycles. The lowest BCUT2D eigenvalue weighted by Gasteiger charge is -2.06. The van der Waals surface area contributed by atoms with Crippen LogP contribution >= 0.6 is 38.5 Å².